The zero-order valence-corrected chi connectivity index (χ0v) is 19.4. The van der Waals surface area contributed by atoms with Gasteiger partial charge >= 0.3 is 0 Å². The lowest BCUT2D eigenvalue weighted by Gasteiger charge is -2.13. The third kappa shape index (κ3) is 6.93. The summed E-state index contributed by atoms with van der Waals surface area (Å²) < 4.78 is 11.7. The van der Waals surface area contributed by atoms with Gasteiger partial charge in [0.1, 0.15) is 12.4 Å². The van der Waals surface area contributed by atoms with Crippen LogP contribution in [-0.2, 0) is 30.8 Å². The molecule has 3 heteroatoms. The number of hydrogen-bond acceptors (Lipinski definition) is 3. The Labute approximate surface area is 186 Å². The van der Waals surface area contributed by atoms with Crippen LogP contribution in [0.5, 0.6) is 5.75 Å². The van der Waals surface area contributed by atoms with Gasteiger partial charge in [-0.05, 0) is 74.9 Å². The fourth-order valence-corrected chi connectivity index (χ4v) is 4.12. The molecule has 3 rings (SSSR count). The molecule has 0 bridgehead atoms. The Morgan fingerprint density at radius 2 is 1.03 bits per heavy atom. The third-order valence-corrected chi connectivity index (χ3v) is 5.24. The second-order valence-corrected chi connectivity index (χ2v) is 8.50. The molecule has 2 nitrogen and oxygen atoms in total. The Bertz CT molecular complexity index is 880. The first-order chi connectivity index (χ1) is 14.4. The Morgan fingerprint density at radius 1 is 0.567 bits per heavy atom. The second kappa shape index (κ2) is 10.7. The highest BCUT2D eigenvalue weighted by Crippen LogP contribution is 2.22. The minimum atomic E-state index is 0.408. The molecule has 0 atom stereocenters. The summed E-state index contributed by atoms with van der Waals surface area (Å²) in [4.78, 5) is 0. The van der Waals surface area contributed by atoms with Crippen molar-refractivity contribution in [1.29, 1.82) is 0 Å². The summed E-state index contributed by atoms with van der Waals surface area (Å²) in [7, 11) is 0. The Hall–Kier alpha value is -2.23. The zero-order chi connectivity index (χ0) is 21.5. The van der Waals surface area contributed by atoms with Gasteiger partial charge in [0, 0.05) is 0 Å². The van der Waals surface area contributed by atoms with Crippen molar-refractivity contribution in [2.45, 2.75) is 53.8 Å². The smallest absolute Gasteiger partial charge is 0.120 e. The van der Waals surface area contributed by atoms with Gasteiger partial charge in [-0.1, -0.05) is 64.7 Å². The van der Waals surface area contributed by atoms with Crippen molar-refractivity contribution < 1.29 is 9.47 Å². The van der Waals surface area contributed by atoms with Crippen molar-refractivity contribution in [2.75, 3.05) is 5.94 Å². The van der Waals surface area contributed by atoms with Gasteiger partial charge in [-0.2, -0.15) is 12.6 Å². The van der Waals surface area contributed by atoms with E-state index in [-0.39, 0.29) is 0 Å². The molecule has 158 valence electrons. The first-order valence-corrected chi connectivity index (χ1v) is 11.1. The van der Waals surface area contributed by atoms with Gasteiger partial charge in [0.25, 0.3) is 0 Å². The first kappa shape index (κ1) is 22.5. The summed E-state index contributed by atoms with van der Waals surface area (Å²) in [6.45, 7) is 9.67. The van der Waals surface area contributed by atoms with Crippen LogP contribution in [-0.4, -0.2) is 5.94 Å². The van der Waals surface area contributed by atoms with Gasteiger partial charge in [-0.25, -0.2) is 0 Å². The van der Waals surface area contributed by atoms with E-state index in [1.165, 1.54) is 38.9 Å². The van der Waals surface area contributed by atoms with Crippen molar-refractivity contribution >= 4 is 12.6 Å². The number of aryl methyl sites for hydroxylation is 6. The van der Waals surface area contributed by atoms with Crippen molar-refractivity contribution in [1.82, 2.24) is 0 Å². The number of benzene rings is 3. The van der Waals surface area contributed by atoms with E-state index in [1.807, 2.05) is 0 Å². The van der Waals surface area contributed by atoms with Crippen LogP contribution >= 0.6 is 12.6 Å². The van der Waals surface area contributed by atoms with E-state index in [4.69, 9.17) is 9.47 Å². The van der Waals surface area contributed by atoms with Crippen molar-refractivity contribution in [2.24, 2.45) is 0 Å². The van der Waals surface area contributed by atoms with Crippen molar-refractivity contribution in [3.05, 3.63) is 99.1 Å². The SMILES string of the molecule is Cc1cc(C)cc(CCc2cc(COCS)cc(OCc3cc(C)cc(C)c3)c2)c1. The van der Waals surface area contributed by atoms with Gasteiger partial charge in [0.15, 0.2) is 0 Å². The van der Waals surface area contributed by atoms with Gasteiger partial charge in [0.05, 0.1) is 12.5 Å². The average molecular weight is 421 g/mol. The van der Waals surface area contributed by atoms with E-state index < -0.39 is 0 Å². The van der Waals surface area contributed by atoms with Crippen molar-refractivity contribution in [3.8, 4) is 5.75 Å². The molecule has 0 amide bonds. The van der Waals surface area contributed by atoms with Crippen LogP contribution in [0.25, 0.3) is 0 Å². The Kier molecular flexibility index (Phi) is 8.01. The summed E-state index contributed by atoms with van der Waals surface area (Å²) in [6.07, 6.45) is 1.98. The third-order valence-electron chi connectivity index (χ3n) is 5.06. The maximum atomic E-state index is 6.18. The fraction of sp³-hybridized carbons (Fsp3) is 0.333. The molecule has 0 aliphatic heterocycles. The summed E-state index contributed by atoms with van der Waals surface area (Å²) in [6, 6.07) is 19.8. The van der Waals surface area contributed by atoms with Gasteiger partial charge < -0.3 is 9.47 Å². The summed E-state index contributed by atoms with van der Waals surface area (Å²) in [5.41, 5.74) is 10.1. The van der Waals surface area contributed by atoms with E-state index in [1.54, 1.807) is 0 Å². The van der Waals surface area contributed by atoms with E-state index in [0.717, 1.165) is 24.2 Å². The molecule has 0 saturated carbocycles. The molecule has 0 saturated heterocycles. The maximum Gasteiger partial charge on any atom is 0.120 e. The molecule has 0 radical (unpaired) electrons. The molecular weight excluding hydrogens is 388 g/mol. The molecule has 0 spiro atoms. The van der Waals surface area contributed by atoms with E-state index in [9.17, 15) is 0 Å². The molecule has 0 aliphatic carbocycles. The lowest BCUT2D eigenvalue weighted by atomic mass is 9.99. The number of ether oxygens (including phenoxy) is 2. The molecule has 3 aromatic rings. The topological polar surface area (TPSA) is 18.5 Å². The van der Waals surface area contributed by atoms with Crippen LogP contribution in [0.1, 0.15) is 44.5 Å². The molecule has 0 aromatic heterocycles. The maximum absolute atomic E-state index is 6.18. The van der Waals surface area contributed by atoms with Crippen LogP contribution in [0.2, 0.25) is 0 Å². The summed E-state index contributed by atoms with van der Waals surface area (Å²) >= 11 is 4.17. The fourth-order valence-electron chi connectivity index (χ4n) is 4.02. The minimum absolute atomic E-state index is 0.408. The van der Waals surface area contributed by atoms with Gasteiger partial charge in [0.2, 0.25) is 0 Å². The van der Waals surface area contributed by atoms with E-state index in [2.05, 4.69) is 94.9 Å². The highest BCUT2D eigenvalue weighted by atomic mass is 32.1. The molecule has 30 heavy (non-hydrogen) atoms. The van der Waals surface area contributed by atoms with Gasteiger partial charge in [-0.3, -0.25) is 0 Å². The second-order valence-electron chi connectivity index (χ2n) is 8.24. The summed E-state index contributed by atoms with van der Waals surface area (Å²) in [5, 5.41) is 0. The van der Waals surface area contributed by atoms with Crippen LogP contribution in [0.4, 0.5) is 0 Å². The highest BCUT2D eigenvalue weighted by molar-refractivity contribution is 7.80. The predicted octanol–water partition coefficient (Wildman–Crippen LogP) is 6.69. The highest BCUT2D eigenvalue weighted by Gasteiger charge is 2.06. The molecule has 0 N–H and O–H groups in total. The van der Waals surface area contributed by atoms with Crippen LogP contribution in [0.3, 0.4) is 0 Å². The molecule has 0 unspecified atom stereocenters. The quantitative estimate of drug-likeness (QED) is 0.307. The van der Waals surface area contributed by atoms with Crippen LogP contribution in [0.15, 0.2) is 54.6 Å². The largest absolute Gasteiger partial charge is 0.489 e. The molecule has 0 heterocycles. The number of thiol groups is 1. The predicted molar refractivity (Wildman–Crippen MR) is 129 cm³/mol. The number of rotatable bonds is 9. The van der Waals surface area contributed by atoms with Crippen LogP contribution < -0.4 is 4.74 Å². The molecular formula is C27H32O2S. The van der Waals surface area contributed by atoms with Crippen LogP contribution in [0, 0.1) is 27.7 Å². The molecule has 0 fully saturated rings. The standard InChI is InChI=1S/C27H32O2S/c1-19-7-20(2)10-23(9-19)5-6-24-13-26(16-28-18-30)15-27(14-24)29-17-25-11-21(3)8-22(4)12-25/h7-15,30H,5-6,16-18H2,1-4H3. The molecule has 0 aliphatic rings. The lowest BCUT2D eigenvalue weighted by Crippen LogP contribution is -2.01. The normalized spacial score (nSPS) is 11.0. The molecule has 3 aromatic carbocycles. The van der Waals surface area contributed by atoms with Crippen molar-refractivity contribution in [3.63, 3.8) is 0 Å². The Balaban J connectivity index is 1.75. The first-order valence-electron chi connectivity index (χ1n) is 10.5. The number of hydrogen-bond donors (Lipinski definition) is 1. The Morgan fingerprint density at radius 3 is 1.60 bits per heavy atom. The minimum Gasteiger partial charge on any atom is -0.489 e. The average Bonchev–Trinajstić information content (AvgIpc) is 2.68. The van der Waals surface area contributed by atoms with E-state index in [0.29, 0.717) is 19.2 Å². The summed E-state index contributed by atoms with van der Waals surface area (Å²) in [5.74, 6) is 1.30. The van der Waals surface area contributed by atoms with E-state index >= 15 is 0 Å². The lowest BCUT2D eigenvalue weighted by molar-refractivity contribution is 0.169. The monoisotopic (exact) mass is 420 g/mol. The zero-order valence-electron chi connectivity index (χ0n) is 18.5. The van der Waals surface area contributed by atoms with Gasteiger partial charge in [-0.15, -0.1) is 0 Å².